The van der Waals surface area contributed by atoms with Crippen LogP contribution in [0.4, 0.5) is 5.69 Å². The molecule has 0 radical (unpaired) electrons. The average Bonchev–Trinajstić information content (AvgIpc) is 2.84. The van der Waals surface area contributed by atoms with E-state index in [4.69, 9.17) is 10.5 Å². The Morgan fingerprint density at radius 1 is 1.35 bits per heavy atom. The number of anilines is 1. The fourth-order valence-corrected chi connectivity index (χ4v) is 3.30. The number of nitrogen functional groups attached to an aromatic ring is 1. The molecule has 0 fully saturated rings. The van der Waals surface area contributed by atoms with Gasteiger partial charge in [0.2, 0.25) is 0 Å². The minimum atomic E-state index is 0.821. The van der Waals surface area contributed by atoms with Crippen LogP contribution in [0.15, 0.2) is 40.6 Å². The number of aryl methyl sites for hydroxylation is 1. The molecule has 2 N–H and O–H groups in total. The van der Waals surface area contributed by atoms with Crippen molar-refractivity contribution in [3.63, 3.8) is 0 Å². The van der Waals surface area contributed by atoms with Gasteiger partial charge in [-0.2, -0.15) is 0 Å². The van der Waals surface area contributed by atoms with Crippen molar-refractivity contribution in [3.05, 3.63) is 40.6 Å². The predicted octanol–water partition coefficient (Wildman–Crippen LogP) is 3.67. The minimum Gasteiger partial charge on any atom is -0.497 e. The Kier molecular flexibility index (Phi) is 4.34. The van der Waals surface area contributed by atoms with Gasteiger partial charge in [0, 0.05) is 21.2 Å². The summed E-state index contributed by atoms with van der Waals surface area (Å²) in [5.41, 5.74) is 6.75. The molecule has 1 aromatic carbocycles. The number of benzene rings is 1. The quantitative estimate of drug-likeness (QED) is 0.661. The van der Waals surface area contributed by atoms with E-state index < -0.39 is 0 Å². The standard InChI is InChI=1S/C13H15NOS2/c1-15-10-4-5-12(14)13(9-10)17-8-6-11-3-2-7-16-11/h2-5,7,9H,6,8,14H2,1H3. The Morgan fingerprint density at radius 3 is 2.94 bits per heavy atom. The molecule has 0 aliphatic heterocycles. The van der Waals surface area contributed by atoms with Crippen molar-refractivity contribution >= 4 is 28.8 Å². The molecule has 0 spiro atoms. The van der Waals surface area contributed by atoms with Crippen LogP contribution in [0.3, 0.4) is 0 Å². The van der Waals surface area contributed by atoms with Crippen LogP contribution >= 0.6 is 23.1 Å². The highest BCUT2D eigenvalue weighted by Crippen LogP contribution is 2.29. The van der Waals surface area contributed by atoms with Gasteiger partial charge in [0.15, 0.2) is 0 Å². The van der Waals surface area contributed by atoms with Crippen LogP contribution in [-0.2, 0) is 6.42 Å². The van der Waals surface area contributed by atoms with Gasteiger partial charge < -0.3 is 10.5 Å². The van der Waals surface area contributed by atoms with Gasteiger partial charge in [-0.05, 0) is 36.1 Å². The van der Waals surface area contributed by atoms with Gasteiger partial charge in [-0.3, -0.25) is 0 Å². The summed E-state index contributed by atoms with van der Waals surface area (Å²) in [6.45, 7) is 0. The fourth-order valence-electron chi connectivity index (χ4n) is 1.48. The van der Waals surface area contributed by atoms with E-state index in [-0.39, 0.29) is 0 Å². The number of nitrogens with two attached hydrogens (primary N) is 1. The molecule has 0 aliphatic carbocycles. The van der Waals surface area contributed by atoms with E-state index in [1.54, 1.807) is 30.2 Å². The summed E-state index contributed by atoms with van der Waals surface area (Å²) in [7, 11) is 1.67. The van der Waals surface area contributed by atoms with Gasteiger partial charge in [0.1, 0.15) is 5.75 Å². The van der Waals surface area contributed by atoms with Crippen LogP contribution in [0.5, 0.6) is 5.75 Å². The Balaban J connectivity index is 1.94. The molecule has 17 heavy (non-hydrogen) atoms. The van der Waals surface area contributed by atoms with Gasteiger partial charge in [-0.25, -0.2) is 0 Å². The highest BCUT2D eigenvalue weighted by Gasteiger charge is 2.03. The van der Waals surface area contributed by atoms with Gasteiger partial charge in [-0.1, -0.05) is 6.07 Å². The van der Waals surface area contributed by atoms with Gasteiger partial charge >= 0.3 is 0 Å². The molecule has 2 nitrogen and oxygen atoms in total. The van der Waals surface area contributed by atoms with E-state index in [0.29, 0.717) is 0 Å². The Morgan fingerprint density at radius 2 is 2.24 bits per heavy atom. The number of ether oxygens (including phenoxy) is 1. The molecule has 1 aromatic heterocycles. The smallest absolute Gasteiger partial charge is 0.120 e. The first kappa shape index (κ1) is 12.3. The van der Waals surface area contributed by atoms with Crippen molar-refractivity contribution < 1.29 is 4.74 Å². The van der Waals surface area contributed by atoms with E-state index in [0.717, 1.165) is 28.5 Å². The van der Waals surface area contributed by atoms with Crippen molar-refractivity contribution in [3.8, 4) is 5.75 Å². The molecule has 1 heterocycles. The number of rotatable bonds is 5. The third-order valence-corrected chi connectivity index (χ3v) is 4.42. The summed E-state index contributed by atoms with van der Waals surface area (Å²) >= 11 is 3.58. The number of methoxy groups -OCH3 is 1. The first-order valence-corrected chi connectivity index (χ1v) is 7.25. The molecule has 0 saturated heterocycles. The monoisotopic (exact) mass is 265 g/mol. The number of thioether (sulfide) groups is 1. The molecule has 2 aromatic rings. The maximum atomic E-state index is 5.93. The zero-order valence-corrected chi connectivity index (χ0v) is 11.3. The predicted molar refractivity (Wildman–Crippen MR) is 76.2 cm³/mol. The third-order valence-electron chi connectivity index (χ3n) is 2.41. The summed E-state index contributed by atoms with van der Waals surface area (Å²) in [5, 5.41) is 2.11. The van der Waals surface area contributed by atoms with E-state index in [9.17, 15) is 0 Å². The molecule has 0 amide bonds. The maximum Gasteiger partial charge on any atom is 0.120 e. The molecule has 0 unspecified atom stereocenters. The summed E-state index contributed by atoms with van der Waals surface area (Å²) in [6.07, 6.45) is 1.08. The van der Waals surface area contributed by atoms with Crippen molar-refractivity contribution in [2.24, 2.45) is 0 Å². The Labute approximate surface area is 110 Å². The zero-order valence-electron chi connectivity index (χ0n) is 9.68. The first-order valence-electron chi connectivity index (χ1n) is 5.38. The highest BCUT2D eigenvalue weighted by molar-refractivity contribution is 7.99. The summed E-state index contributed by atoms with van der Waals surface area (Å²) in [5.74, 6) is 1.90. The van der Waals surface area contributed by atoms with Crippen LogP contribution < -0.4 is 10.5 Å². The molecule has 0 atom stereocenters. The largest absolute Gasteiger partial charge is 0.497 e. The van der Waals surface area contributed by atoms with E-state index in [2.05, 4.69) is 17.5 Å². The second kappa shape index (κ2) is 5.98. The van der Waals surface area contributed by atoms with Crippen LogP contribution in [-0.4, -0.2) is 12.9 Å². The number of thiophene rings is 1. The molecular weight excluding hydrogens is 250 g/mol. The van der Waals surface area contributed by atoms with Gasteiger partial charge in [-0.15, -0.1) is 23.1 Å². The number of hydrogen-bond donors (Lipinski definition) is 1. The lowest BCUT2D eigenvalue weighted by atomic mass is 10.3. The maximum absolute atomic E-state index is 5.93. The van der Waals surface area contributed by atoms with Crippen LogP contribution in [0.2, 0.25) is 0 Å². The lowest BCUT2D eigenvalue weighted by Gasteiger charge is -2.07. The minimum absolute atomic E-state index is 0.821. The average molecular weight is 265 g/mol. The lowest BCUT2D eigenvalue weighted by Crippen LogP contribution is -1.92. The normalized spacial score (nSPS) is 10.4. The zero-order chi connectivity index (χ0) is 12.1. The molecule has 4 heteroatoms. The van der Waals surface area contributed by atoms with Crippen LogP contribution in [0, 0.1) is 0 Å². The van der Waals surface area contributed by atoms with E-state index >= 15 is 0 Å². The highest BCUT2D eigenvalue weighted by atomic mass is 32.2. The van der Waals surface area contributed by atoms with Crippen molar-refractivity contribution in [1.29, 1.82) is 0 Å². The van der Waals surface area contributed by atoms with Crippen LogP contribution in [0.25, 0.3) is 0 Å². The first-order chi connectivity index (χ1) is 8.29. The summed E-state index contributed by atoms with van der Waals surface area (Å²) in [4.78, 5) is 2.51. The lowest BCUT2D eigenvalue weighted by molar-refractivity contribution is 0.414. The molecule has 0 saturated carbocycles. The van der Waals surface area contributed by atoms with E-state index in [1.807, 2.05) is 18.2 Å². The molecule has 2 rings (SSSR count). The van der Waals surface area contributed by atoms with Crippen molar-refractivity contribution in [2.75, 3.05) is 18.6 Å². The molecule has 0 aliphatic rings. The second-order valence-electron chi connectivity index (χ2n) is 3.58. The fraction of sp³-hybridized carbons (Fsp3) is 0.231. The Hall–Kier alpha value is -1.13. The van der Waals surface area contributed by atoms with E-state index in [1.165, 1.54) is 4.88 Å². The third kappa shape index (κ3) is 3.41. The molecular formula is C13H15NOS2. The molecule has 0 bridgehead atoms. The van der Waals surface area contributed by atoms with Crippen molar-refractivity contribution in [1.82, 2.24) is 0 Å². The van der Waals surface area contributed by atoms with Crippen LogP contribution in [0.1, 0.15) is 4.88 Å². The SMILES string of the molecule is COc1ccc(N)c(SCCc2cccs2)c1. The van der Waals surface area contributed by atoms with Crippen molar-refractivity contribution in [2.45, 2.75) is 11.3 Å². The number of hydrogen-bond acceptors (Lipinski definition) is 4. The van der Waals surface area contributed by atoms with Gasteiger partial charge in [0.25, 0.3) is 0 Å². The summed E-state index contributed by atoms with van der Waals surface area (Å²) in [6, 6.07) is 10.0. The van der Waals surface area contributed by atoms with Gasteiger partial charge in [0.05, 0.1) is 7.11 Å². The molecule has 90 valence electrons. The topological polar surface area (TPSA) is 35.2 Å². The Bertz CT molecular complexity index is 468. The second-order valence-corrected chi connectivity index (χ2v) is 5.75. The summed E-state index contributed by atoms with van der Waals surface area (Å²) < 4.78 is 5.20.